The number of sulfonamides is 1. The summed E-state index contributed by atoms with van der Waals surface area (Å²) in [5.74, 6) is 1.77. The van der Waals surface area contributed by atoms with Crippen molar-refractivity contribution in [3.05, 3.63) is 41.2 Å². The third-order valence-corrected chi connectivity index (χ3v) is 5.87. The maximum atomic E-state index is 12.3. The third-order valence-electron chi connectivity index (χ3n) is 3.91. The van der Waals surface area contributed by atoms with E-state index >= 15 is 0 Å². The molecule has 8 nitrogen and oxygen atoms in total. The normalized spacial score (nSPS) is 15.0. The Bertz CT molecular complexity index is 888. The SMILES string of the molecule is Cc1nc(OCCNS(=O)(=O)c2ccccc2Cl)cc(N2CCOCC2)n1. The summed E-state index contributed by atoms with van der Waals surface area (Å²) in [5.41, 5.74) is 0. The van der Waals surface area contributed by atoms with Gasteiger partial charge in [-0.05, 0) is 19.1 Å². The molecule has 3 rings (SSSR count). The zero-order valence-electron chi connectivity index (χ0n) is 14.9. The van der Waals surface area contributed by atoms with Crippen molar-refractivity contribution >= 4 is 27.4 Å². The van der Waals surface area contributed by atoms with Gasteiger partial charge >= 0.3 is 0 Å². The summed E-state index contributed by atoms with van der Waals surface area (Å²) in [6.07, 6.45) is 0. The number of benzene rings is 1. The number of anilines is 1. The molecular formula is C17H21ClN4O4S. The highest BCUT2D eigenvalue weighted by atomic mass is 35.5. The molecule has 0 spiro atoms. The molecule has 1 N–H and O–H groups in total. The van der Waals surface area contributed by atoms with E-state index in [4.69, 9.17) is 21.1 Å². The molecule has 1 aliphatic rings. The number of rotatable bonds is 7. The van der Waals surface area contributed by atoms with Gasteiger partial charge in [0.1, 0.15) is 23.1 Å². The van der Waals surface area contributed by atoms with Crippen LogP contribution in [0.1, 0.15) is 5.82 Å². The molecule has 0 saturated carbocycles. The summed E-state index contributed by atoms with van der Waals surface area (Å²) >= 11 is 5.95. The highest BCUT2D eigenvalue weighted by Crippen LogP contribution is 2.20. The molecule has 1 fully saturated rings. The summed E-state index contributed by atoms with van der Waals surface area (Å²) in [6, 6.07) is 8.03. The van der Waals surface area contributed by atoms with Crippen LogP contribution in [-0.4, -0.2) is 57.8 Å². The van der Waals surface area contributed by atoms with Crippen LogP contribution in [0.3, 0.4) is 0 Å². The van der Waals surface area contributed by atoms with Gasteiger partial charge in [0.15, 0.2) is 0 Å². The van der Waals surface area contributed by atoms with Crippen LogP contribution in [0.5, 0.6) is 5.88 Å². The number of morpholine rings is 1. The first-order valence-corrected chi connectivity index (χ1v) is 10.4. The molecule has 0 aliphatic carbocycles. The van der Waals surface area contributed by atoms with Gasteiger partial charge in [-0.25, -0.2) is 18.1 Å². The van der Waals surface area contributed by atoms with Crippen LogP contribution < -0.4 is 14.4 Å². The number of ether oxygens (including phenoxy) is 2. The molecule has 1 aliphatic heterocycles. The largest absolute Gasteiger partial charge is 0.476 e. The van der Waals surface area contributed by atoms with Crippen molar-refractivity contribution < 1.29 is 17.9 Å². The summed E-state index contributed by atoms with van der Waals surface area (Å²) < 4.78 is 38.0. The zero-order chi connectivity index (χ0) is 19.3. The van der Waals surface area contributed by atoms with Gasteiger partial charge in [0.25, 0.3) is 0 Å². The highest BCUT2D eigenvalue weighted by molar-refractivity contribution is 7.89. The Morgan fingerprint density at radius 1 is 1.26 bits per heavy atom. The minimum atomic E-state index is -3.70. The second kappa shape index (κ2) is 8.83. The number of halogens is 1. The summed E-state index contributed by atoms with van der Waals surface area (Å²) in [6.45, 7) is 4.83. The van der Waals surface area contributed by atoms with E-state index in [0.717, 1.165) is 18.9 Å². The lowest BCUT2D eigenvalue weighted by Gasteiger charge is -2.28. The van der Waals surface area contributed by atoms with Crippen molar-refractivity contribution in [3.8, 4) is 5.88 Å². The summed E-state index contributed by atoms with van der Waals surface area (Å²) in [7, 11) is -3.70. The molecule has 27 heavy (non-hydrogen) atoms. The lowest BCUT2D eigenvalue weighted by molar-refractivity contribution is 0.122. The Morgan fingerprint density at radius 3 is 2.74 bits per heavy atom. The van der Waals surface area contributed by atoms with Gasteiger partial charge < -0.3 is 14.4 Å². The Labute approximate surface area is 163 Å². The lowest BCUT2D eigenvalue weighted by atomic mass is 10.4. The Balaban J connectivity index is 1.57. The lowest BCUT2D eigenvalue weighted by Crippen LogP contribution is -2.37. The van der Waals surface area contributed by atoms with E-state index in [1.54, 1.807) is 25.1 Å². The maximum Gasteiger partial charge on any atom is 0.242 e. The van der Waals surface area contributed by atoms with E-state index in [1.165, 1.54) is 12.1 Å². The van der Waals surface area contributed by atoms with Gasteiger partial charge in [0.05, 0.1) is 18.2 Å². The molecule has 0 bridgehead atoms. The van der Waals surface area contributed by atoms with Crippen LogP contribution in [0.25, 0.3) is 0 Å². The van der Waals surface area contributed by atoms with Crippen molar-refractivity contribution in [1.82, 2.24) is 14.7 Å². The maximum absolute atomic E-state index is 12.3. The molecule has 1 aromatic carbocycles. The Morgan fingerprint density at radius 2 is 2.00 bits per heavy atom. The molecule has 0 unspecified atom stereocenters. The molecular weight excluding hydrogens is 392 g/mol. The molecule has 2 heterocycles. The van der Waals surface area contributed by atoms with E-state index in [0.29, 0.717) is 24.9 Å². The van der Waals surface area contributed by atoms with E-state index in [1.807, 2.05) is 0 Å². The summed E-state index contributed by atoms with van der Waals surface area (Å²) in [5, 5.41) is 0.174. The quantitative estimate of drug-likeness (QED) is 0.691. The van der Waals surface area contributed by atoms with Gasteiger partial charge in [0, 0.05) is 25.7 Å². The number of aryl methyl sites for hydroxylation is 1. The second-order valence-corrected chi connectivity index (χ2v) is 8.03. The number of hydrogen-bond donors (Lipinski definition) is 1. The summed E-state index contributed by atoms with van der Waals surface area (Å²) in [4.78, 5) is 10.8. The van der Waals surface area contributed by atoms with Crippen molar-refractivity contribution in [2.75, 3.05) is 44.4 Å². The van der Waals surface area contributed by atoms with Gasteiger partial charge in [-0.1, -0.05) is 23.7 Å². The van der Waals surface area contributed by atoms with Gasteiger partial charge in [-0.2, -0.15) is 4.98 Å². The van der Waals surface area contributed by atoms with Crippen molar-refractivity contribution in [2.45, 2.75) is 11.8 Å². The molecule has 0 radical (unpaired) electrons. The number of nitrogens with one attached hydrogen (secondary N) is 1. The highest BCUT2D eigenvalue weighted by Gasteiger charge is 2.17. The van der Waals surface area contributed by atoms with Crippen molar-refractivity contribution in [2.24, 2.45) is 0 Å². The molecule has 146 valence electrons. The van der Waals surface area contributed by atoms with Gasteiger partial charge in [-0.3, -0.25) is 0 Å². The molecule has 1 saturated heterocycles. The average Bonchev–Trinajstić information content (AvgIpc) is 2.66. The second-order valence-electron chi connectivity index (χ2n) is 5.89. The van der Waals surface area contributed by atoms with Crippen LogP contribution >= 0.6 is 11.6 Å². The van der Waals surface area contributed by atoms with E-state index in [-0.39, 0.29) is 23.1 Å². The fraction of sp³-hybridized carbons (Fsp3) is 0.412. The van der Waals surface area contributed by atoms with Crippen molar-refractivity contribution in [3.63, 3.8) is 0 Å². The van der Waals surface area contributed by atoms with Crippen LogP contribution in [0.4, 0.5) is 5.82 Å². The van der Waals surface area contributed by atoms with Gasteiger partial charge in [-0.15, -0.1) is 0 Å². The average molecular weight is 413 g/mol. The topological polar surface area (TPSA) is 93.6 Å². The number of hydrogen-bond acceptors (Lipinski definition) is 7. The fourth-order valence-electron chi connectivity index (χ4n) is 2.63. The van der Waals surface area contributed by atoms with Crippen LogP contribution in [0.15, 0.2) is 35.2 Å². The molecule has 1 aromatic heterocycles. The first-order chi connectivity index (χ1) is 13.0. The number of aromatic nitrogens is 2. The van der Waals surface area contributed by atoms with Crippen molar-refractivity contribution in [1.29, 1.82) is 0 Å². The Kier molecular flexibility index (Phi) is 6.48. The van der Waals surface area contributed by atoms with E-state index in [9.17, 15) is 8.42 Å². The molecule has 0 atom stereocenters. The first-order valence-electron chi connectivity index (χ1n) is 8.51. The zero-order valence-corrected chi connectivity index (χ0v) is 16.5. The van der Waals surface area contributed by atoms with Crippen LogP contribution in [0.2, 0.25) is 5.02 Å². The smallest absolute Gasteiger partial charge is 0.242 e. The van der Waals surface area contributed by atoms with Crippen LogP contribution in [0, 0.1) is 6.92 Å². The van der Waals surface area contributed by atoms with E-state index < -0.39 is 10.0 Å². The van der Waals surface area contributed by atoms with Crippen LogP contribution in [-0.2, 0) is 14.8 Å². The minimum absolute atomic E-state index is 0.0409. The fourth-order valence-corrected chi connectivity index (χ4v) is 4.16. The standard InChI is InChI=1S/C17H21ClN4O4S/c1-13-20-16(22-7-10-25-11-8-22)12-17(21-13)26-9-6-19-27(23,24)15-5-3-2-4-14(15)18/h2-5,12,19H,6-11H2,1H3. The molecule has 10 heteroatoms. The minimum Gasteiger partial charge on any atom is -0.476 e. The number of nitrogens with zero attached hydrogens (tertiary/aromatic N) is 3. The predicted molar refractivity (Wildman–Crippen MR) is 102 cm³/mol. The third kappa shape index (κ3) is 5.29. The molecule has 2 aromatic rings. The molecule has 0 amide bonds. The monoisotopic (exact) mass is 412 g/mol. The first kappa shape index (κ1) is 19.8. The van der Waals surface area contributed by atoms with Gasteiger partial charge in [0.2, 0.25) is 15.9 Å². The predicted octanol–water partition coefficient (Wildman–Crippen LogP) is 1.63. The van der Waals surface area contributed by atoms with E-state index in [2.05, 4.69) is 19.6 Å². The Hall–Kier alpha value is -1.94.